The van der Waals surface area contributed by atoms with E-state index < -0.39 is 6.10 Å². The van der Waals surface area contributed by atoms with E-state index in [1.165, 1.54) is 0 Å². The Labute approximate surface area is 146 Å². The summed E-state index contributed by atoms with van der Waals surface area (Å²) in [6, 6.07) is 7.45. The molecule has 0 bridgehead atoms. The van der Waals surface area contributed by atoms with E-state index in [0.29, 0.717) is 24.6 Å². The molecule has 2 unspecified atom stereocenters. The van der Waals surface area contributed by atoms with Crippen LogP contribution in [0, 0.1) is 0 Å². The number of benzene rings is 1. The summed E-state index contributed by atoms with van der Waals surface area (Å²) in [5, 5.41) is 0. The molecule has 0 spiro atoms. The van der Waals surface area contributed by atoms with Crippen molar-refractivity contribution in [1.29, 1.82) is 0 Å². The van der Waals surface area contributed by atoms with Crippen molar-refractivity contribution >= 4 is 11.7 Å². The molecule has 2 aliphatic rings. The van der Waals surface area contributed by atoms with E-state index in [2.05, 4.69) is 14.9 Å². The summed E-state index contributed by atoms with van der Waals surface area (Å²) in [7, 11) is 0. The van der Waals surface area contributed by atoms with E-state index in [1.54, 1.807) is 18.6 Å². The number of aromatic nitrogens is 2. The van der Waals surface area contributed by atoms with E-state index in [-0.39, 0.29) is 12.0 Å². The van der Waals surface area contributed by atoms with Gasteiger partial charge in [0.15, 0.2) is 11.5 Å². The van der Waals surface area contributed by atoms with Crippen molar-refractivity contribution in [3.8, 4) is 11.5 Å². The number of carbonyl (C=O) groups is 1. The van der Waals surface area contributed by atoms with Gasteiger partial charge in [-0.3, -0.25) is 9.78 Å². The summed E-state index contributed by atoms with van der Waals surface area (Å²) >= 11 is 0. The third-order valence-corrected chi connectivity index (χ3v) is 4.55. The molecule has 25 heavy (non-hydrogen) atoms. The van der Waals surface area contributed by atoms with Gasteiger partial charge in [0, 0.05) is 38.6 Å². The van der Waals surface area contributed by atoms with Crippen LogP contribution in [-0.4, -0.2) is 59.2 Å². The summed E-state index contributed by atoms with van der Waals surface area (Å²) in [5.74, 6) is 2.12. The number of amides is 1. The molecule has 1 aromatic carbocycles. The Kier molecular flexibility index (Phi) is 4.13. The smallest absolute Gasteiger partial charge is 0.267 e. The summed E-state index contributed by atoms with van der Waals surface area (Å²) in [6.45, 7) is 4.58. The molecular weight excluding hydrogens is 320 g/mol. The molecule has 2 atom stereocenters. The maximum absolute atomic E-state index is 12.9. The van der Waals surface area contributed by atoms with Crippen molar-refractivity contribution in [3.63, 3.8) is 0 Å². The second-order valence-electron chi connectivity index (χ2n) is 6.18. The van der Waals surface area contributed by atoms with Crippen molar-refractivity contribution < 1.29 is 14.3 Å². The van der Waals surface area contributed by atoms with Crippen molar-refractivity contribution in [2.45, 2.75) is 19.1 Å². The number of rotatable bonds is 2. The molecule has 0 N–H and O–H groups in total. The third-order valence-electron chi connectivity index (χ3n) is 4.55. The van der Waals surface area contributed by atoms with Gasteiger partial charge in [0.1, 0.15) is 11.9 Å². The van der Waals surface area contributed by atoms with E-state index in [1.807, 2.05) is 36.1 Å². The summed E-state index contributed by atoms with van der Waals surface area (Å²) in [5.41, 5.74) is 0. The second-order valence-corrected chi connectivity index (χ2v) is 6.18. The van der Waals surface area contributed by atoms with Crippen molar-refractivity contribution in [2.75, 3.05) is 31.1 Å². The fourth-order valence-corrected chi connectivity index (χ4v) is 3.18. The van der Waals surface area contributed by atoms with Crippen LogP contribution in [0.1, 0.15) is 6.92 Å². The molecule has 0 radical (unpaired) electrons. The third kappa shape index (κ3) is 3.09. The first-order valence-corrected chi connectivity index (χ1v) is 8.44. The highest BCUT2D eigenvalue weighted by atomic mass is 16.6. The van der Waals surface area contributed by atoms with Crippen molar-refractivity contribution in [3.05, 3.63) is 42.9 Å². The van der Waals surface area contributed by atoms with E-state index in [9.17, 15) is 4.79 Å². The molecule has 1 aromatic heterocycles. The van der Waals surface area contributed by atoms with Crippen LogP contribution in [0.5, 0.6) is 11.5 Å². The Hall–Kier alpha value is -2.83. The predicted octanol–water partition coefficient (Wildman–Crippen LogP) is 1.35. The molecule has 1 saturated heterocycles. The SMILES string of the molecule is CC1Oc2ccccc2OC1C(=O)N1CCN(c2cnccn2)CC1. The lowest BCUT2D eigenvalue weighted by Crippen LogP contribution is -2.56. The molecule has 130 valence electrons. The minimum Gasteiger partial charge on any atom is -0.482 e. The first-order valence-electron chi connectivity index (χ1n) is 8.44. The lowest BCUT2D eigenvalue weighted by molar-refractivity contribution is -0.144. The van der Waals surface area contributed by atoms with Crippen LogP contribution in [0.3, 0.4) is 0 Å². The first kappa shape index (κ1) is 15.7. The quantitative estimate of drug-likeness (QED) is 0.822. The van der Waals surface area contributed by atoms with Gasteiger partial charge in [-0.05, 0) is 19.1 Å². The topological polar surface area (TPSA) is 67.8 Å². The van der Waals surface area contributed by atoms with Gasteiger partial charge in [-0.25, -0.2) is 4.98 Å². The average Bonchev–Trinajstić information content (AvgIpc) is 2.68. The molecule has 0 aliphatic carbocycles. The molecule has 0 saturated carbocycles. The molecule has 7 heteroatoms. The maximum atomic E-state index is 12.9. The van der Waals surface area contributed by atoms with Crippen LogP contribution in [0.15, 0.2) is 42.9 Å². The van der Waals surface area contributed by atoms with Gasteiger partial charge in [-0.2, -0.15) is 0 Å². The van der Waals surface area contributed by atoms with Gasteiger partial charge in [0.05, 0.1) is 6.20 Å². The van der Waals surface area contributed by atoms with Gasteiger partial charge in [-0.1, -0.05) is 12.1 Å². The lowest BCUT2D eigenvalue weighted by atomic mass is 10.1. The summed E-state index contributed by atoms with van der Waals surface area (Å²) in [6.07, 6.45) is 4.15. The molecule has 1 fully saturated rings. The zero-order chi connectivity index (χ0) is 17.2. The molecule has 3 heterocycles. The number of fused-ring (bicyclic) bond motifs is 1. The second kappa shape index (κ2) is 6.58. The highest BCUT2D eigenvalue weighted by Gasteiger charge is 2.37. The van der Waals surface area contributed by atoms with E-state index in [0.717, 1.165) is 18.9 Å². The standard InChI is InChI=1S/C18H20N4O3/c1-13-17(25-15-5-3-2-4-14(15)24-13)18(23)22-10-8-21(9-11-22)16-12-19-6-7-20-16/h2-7,12-13,17H,8-11H2,1H3. The number of para-hydroxylation sites is 2. The highest BCUT2D eigenvalue weighted by Crippen LogP contribution is 2.34. The lowest BCUT2D eigenvalue weighted by Gasteiger charge is -2.39. The molecule has 4 rings (SSSR count). The number of ether oxygens (including phenoxy) is 2. The summed E-state index contributed by atoms with van der Waals surface area (Å²) in [4.78, 5) is 25.3. The number of anilines is 1. The Morgan fingerprint density at radius 3 is 2.48 bits per heavy atom. The molecule has 7 nitrogen and oxygen atoms in total. The summed E-state index contributed by atoms with van der Waals surface area (Å²) < 4.78 is 11.8. The minimum atomic E-state index is -0.613. The molecule has 2 aliphatic heterocycles. The normalized spacial score (nSPS) is 22.6. The predicted molar refractivity (Wildman–Crippen MR) is 91.8 cm³/mol. The van der Waals surface area contributed by atoms with Gasteiger partial charge >= 0.3 is 0 Å². The van der Waals surface area contributed by atoms with Crippen LogP contribution in [-0.2, 0) is 4.79 Å². The zero-order valence-electron chi connectivity index (χ0n) is 14.0. The highest BCUT2D eigenvalue weighted by molar-refractivity contribution is 5.82. The Morgan fingerprint density at radius 2 is 1.80 bits per heavy atom. The van der Waals surface area contributed by atoms with Gasteiger partial charge in [0.25, 0.3) is 5.91 Å². The minimum absolute atomic E-state index is 0.0270. The van der Waals surface area contributed by atoms with E-state index in [4.69, 9.17) is 9.47 Å². The molecular formula is C18H20N4O3. The maximum Gasteiger partial charge on any atom is 0.267 e. The molecule has 2 aromatic rings. The largest absolute Gasteiger partial charge is 0.482 e. The number of nitrogens with zero attached hydrogens (tertiary/aromatic N) is 4. The van der Waals surface area contributed by atoms with Crippen LogP contribution in [0.2, 0.25) is 0 Å². The fraction of sp³-hybridized carbons (Fsp3) is 0.389. The Bertz CT molecular complexity index is 747. The van der Waals surface area contributed by atoms with Crippen LogP contribution in [0.25, 0.3) is 0 Å². The van der Waals surface area contributed by atoms with Crippen LogP contribution >= 0.6 is 0 Å². The monoisotopic (exact) mass is 340 g/mol. The van der Waals surface area contributed by atoms with Gasteiger partial charge in [0.2, 0.25) is 6.10 Å². The van der Waals surface area contributed by atoms with Crippen molar-refractivity contribution in [1.82, 2.24) is 14.9 Å². The Morgan fingerprint density at radius 1 is 1.08 bits per heavy atom. The first-order chi connectivity index (χ1) is 12.2. The molecule has 1 amide bonds. The van der Waals surface area contributed by atoms with Crippen LogP contribution in [0.4, 0.5) is 5.82 Å². The number of piperazine rings is 1. The van der Waals surface area contributed by atoms with Crippen LogP contribution < -0.4 is 14.4 Å². The Balaban J connectivity index is 1.41. The van der Waals surface area contributed by atoms with Gasteiger partial charge < -0.3 is 19.3 Å². The number of carbonyl (C=O) groups excluding carboxylic acids is 1. The fourth-order valence-electron chi connectivity index (χ4n) is 3.18. The number of hydrogen-bond donors (Lipinski definition) is 0. The number of hydrogen-bond acceptors (Lipinski definition) is 6. The van der Waals surface area contributed by atoms with E-state index >= 15 is 0 Å². The zero-order valence-corrected chi connectivity index (χ0v) is 14.0. The van der Waals surface area contributed by atoms with Crippen molar-refractivity contribution in [2.24, 2.45) is 0 Å². The van der Waals surface area contributed by atoms with Gasteiger partial charge in [-0.15, -0.1) is 0 Å². The average molecular weight is 340 g/mol.